The second-order valence-electron chi connectivity index (χ2n) is 11.0. The van der Waals surface area contributed by atoms with Crippen molar-refractivity contribution < 1.29 is 23.8 Å². The van der Waals surface area contributed by atoms with E-state index in [1.54, 1.807) is 6.07 Å². The lowest BCUT2D eigenvalue weighted by Gasteiger charge is -2.30. The van der Waals surface area contributed by atoms with Crippen molar-refractivity contribution in [3.8, 4) is 22.8 Å². The van der Waals surface area contributed by atoms with E-state index in [0.717, 1.165) is 60.1 Å². The SMILES string of the molecule is COc1cc(-c2ccc(COc3ccc4c(c3)C(CC(=O)O)CC4)cc2C2CCCC2(C)C)c(F)cn1. The molecule has 2 aromatic carbocycles. The number of pyridine rings is 1. The number of carboxylic acid groups (broad SMARTS) is 1. The molecule has 1 saturated carbocycles. The van der Waals surface area contributed by atoms with Gasteiger partial charge in [0, 0.05) is 11.6 Å². The average Bonchev–Trinajstić information content (AvgIpc) is 3.44. The highest BCUT2D eigenvalue weighted by Crippen LogP contribution is 2.51. The van der Waals surface area contributed by atoms with Gasteiger partial charge in [0.25, 0.3) is 0 Å². The number of hydrogen-bond acceptors (Lipinski definition) is 4. The first-order valence-corrected chi connectivity index (χ1v) is 13.1. The fourth-order valence-corrected chi connectivity index (χ4v) is 6.22. The van der Waals surface area contributed by atoms with Crippen LogP contribution in [0.3, 0.4) is 0 Å². The van der Waals surface area contributed by atoms with E-state index in [4.69, 9.17) is 9.47 Å². The molecule has 1 heterocycles. The zero-order valence-electron chi connectivity index (χ0n) is 21.7. The minimum absolute atomic E-state index is 0.0405. The summed E-state index contributed by atoms with van der Waals surface area (Å²) in [5.74, 6) is 0.341. The molecule has 2 aliphatic rings. The number of ether oxygens (including phenoxy) is 2. The minimum Gasteiger partial charge on any atom is -0.489 e. The molecule has 1 aromatic heterocycles. The van der Waals surface area contributed by atoms with Crippen molar-refractivity contribution >= 4 is 5.97 Å². The predicted molar refractivity (Wildman–Crippen MR) is 141 cm³/mol. The maximum Gasteiger partial charge on any atom is 0.303 e. The van der Waals surface area contributed by atoms with Crippen molar-refractivity contribution in [2.24, 2.45) is 5.41 Å². The number of halogens is 1. The zero-order valence-corrected chi connectivity index (χ0v) is 21.7. The fraction of sp³-hybridized carbons (Fsp3) is 0.419. The van der Waals surface area contributed by atoms with Gasteiger partial charge >= 0.3 is 5.97 Å². The molecule has 0 bridgehead atoms. The van der Waals surface area contributed by atoms with E-state index < -0.39 is 5.97 Å². The fourth-order valence-electron chi connectivity index (χ4n) is 6.22. The molecule has 3 aromatic rings. The molecule has 6 heteroatoms. The van der Waals surface area contributed by atoms with Crippen molar-refractivity contribution in [2.75, 3.05) is 7.11 Å². The summed E-state index contributed by atoms with van der Waals surface area (Å²) >= 11 is 0. The Morgan fingerprint density at radius 2 is 1.95 bits per heavy atom. The number of hydrogen-bond donors (Lipinski definition) is 1. The molecule has 0 aliphatic heterocycles. The molecule has 0 amide bonds. The summed E-state index contributed by atoms with van der Waals surface area (Å²) in [6.45, 7) is 4.96. The van der Waals surface area contributed by atoms with Crippen molar-refractivity contribution in [2.45, 2.75) is 70.8 Å². The minimum atomic E-state index is -0.769. The van der Waals surface area contributed by atoms with Gasteiger partial charge in [-0.3, -0.25) is 4.79 Å². The first-order valence-electron chi connectivity index (χ1n) is 13.1. The Bertz CT molecular complexity index is 1320. The summed E-state index contributed by atoms with van der Waals surface area (Å²) in [5.41, 5.74) is 5.93. The molecule has 194 valence electrons. The molecule has 0 saturated heterocycles. The third-order valence-electron chi connectivity index (χ3n) is 8.22. The highest BCUT2D eigenvalue weighted by Gasteiger charge is 2.37. The average molecular weight is 504 g/mol. The summed E-state index contributed by atoms with van der Waals surface area (Å²) in [5, 5.41) is 9.26. The van der Waals surface area contributed by atoms with Crippen LogP contribution in [0, 0.1) is 11.2 Å². The predicted octanol–water partition coefficient (Wildman–Crippen LogP) is 7.27. The molecule has 0 radical (unpaired) electrons. The maximum absolute atomic E-state index is 15.0. The summed E-state index contributed by atoms with van der Waals surface area (Å²) < 4.78 is 26.4. The first-order chi connectivity index (χ1) is 17.7. The second-order valence-corrected chi connectivity index (χ2v) is 11.0. The Labute approximate surface area is 217 Å². The van der Waals surface area contributed by atoms with Crippen molar-refractivity contribution in [1.29, 1.82) is 0 Å². The van der Waals surface area contributed by atoms with Crippen LogP contribution in [0.15, 0.2) is 48.7 Å². The van der Waals surface area contributed by atoms with Gasteiger partial charge in [-0.2, -0.15) is 0 Å². The smallest absolute Gasteiger partial charge is 0.303 e. The molecule has 2 unspecified atom stereocenters. The molecule has 37 heavy (non-hydrogen) atoms. The Hall–Kier alpha value is -3.41. The topological polar surface area (TPSA) is 68.7 Å². The van der Waals surface area contributed by atoms with E-state index in [9.17, 15) is 14.3 Å². The largest absolute Gasteiger partial charge is 0.489 e. The molecule has 5 rings (SSSR count). The standard InChI is InChI=1S/C31H34FNO4/c1-31(2)12-4-5-27(31)25-13-19(6-11-23(25)26-16-29(36-3)33-17-28(26)32)18-37-22-10-9-20-7-8-21(14-30(34)35)24(20)15-22/h6,9-11,13,15-17,21,27H,4-5,7-8,12,14,18H2,1-3H3,(H,34,35). The number of methoxy groups -OCH3 is 1. The Kier molecular flexibility index (Phi) is 6.93. The van der Waals surface area contributed by atoms with E-state index in [-0.39, 0.29) is 23.6 Å². The Morgan fingerprint density at radius 3 is 2.68 bits per heavy atom. The molecular formula is C31H34FNO4. The lowest BCUT2D eigenvalue weighted by Crippen LogP contribution is -2.17. The van der Waals surface area contributed by atoms with Crippen molar-refractivity contribution in [3.05, 3.63) is 76.7 Å². The van der Waals surface area contributed by atoms with Crippen LogP contribution in [-0.2, 0) is 17.8 Å². The number of fused-ring (bicyclic) bond motifs is 1. The summed E-state index contributed by atoms with van der Waals surface area (Å²) in [7, 11) is 1.54. The van der Waals surface area contributed by atoms with Gasteiger partial charge in [-0.15, -0.1) is 0 Å². The van der Waals surface area contributed by atoms with E-state index in [2.05, 4.69) is 31.0 Å². The van der Waals surface area contributed by atoms with Gasteiger partial charge in [0.1, 0.15) is 18.2 Å². The number of aromatic nitrogens is 1. The van der Waals surface area contributed by atoms with Gasteiger partial charge < -0.3 is 14.6 Å². The normalized spacial score (nSPS) is 20.0. The van der Waals surface area contributed by atoms with Gasteiger partial charge in [0.15, 0.2) is 0 Å². The molecule has 0 spiro atoms. The van der Waals surface area contributed by atoms with Gasteiger partial charge in [-0.25, -0.2) is 9.37 Å². The quantitative estimate of drug-likeness (QED) is 0.350. The number of aryl methyl sites for hydroxylation is 1. The molecule has 2 aliphatic carbocycles. The number of rotatable bonds is 8. The van der Waals surface area contributed by atoms with Crippen molar-refractivity contribution in [1.82, 2.24) is 4.98 Å². The van der Waals surface area contributed by atoms with E-state index >= 15 is 0 Å². The lowest BCUT2D eigenvalue weighted by molar-refractivity contribution is -0.137. The van der Waals surface area contributed by atoms with E-state index in [1.807, 2.05) is 24.3 Å². The number of benzene rings is 2. The monoisotopic (exact) mass is 503 g/mol. The van der Waals surface area contributed by atoms with Gasteiger partial charge in [0.05, 0.1) is 19.7 Å². The summed E-state index contributed by atoms with van der Waals surface area (Å²) in [6.07, 6.45) is 6.48. The number of carboxylic acids is 1. The lowest BCUT2D eigenvalue weighted by atomic mass is 9.75. The highest BCUT2D eigenvalue weighted by molar-refractivity contribution is 5.70. The number of carbonyl (C=O) groups is 1. The molecule has 2 atom stereocenters. The zero-order chi connectivity index (χ0) is 26.2. The maximum atomic E-state index is 15.0. The second kappa shape index (κ2) is 10.2. The van der Waals surface area contributed by atoms with Crippen LogP contribution in [-0.4, -0.2) is 23.2 Å². The van der Waals surface area contributed by atoms with Crippen LogP contribution < -0.4 is 9.47 Å². The van der Waals surface area contributed by atoms with E-state index in [0.29, 0.717) is 24.0 Å². The molecular weight excluding hydrogens is 469 g/mol. The third kappa shape index (κ3) is 5.20. The number of nitrogens with zero attached hydrogens (tertiary/aromatic N) is 1. The van der Waals surface area contributed by atoms with Crippen LogP contribution in [0.25, 0.3) is 11.1 Å². The highest BCUT2D eigenvalue weighted by atomic mass is 19.1. The van der Waals surface area contributed by atoms with Crippen LogP contribution in [0.4, 0.5) is 4.39 Å². The Balaban J connectivity index is 1.44. The number of aliphatic carboxylic acids is 1. The van der Waals surface area contributed by atoms with Crippen LogP contribution in [0.2, 0.25) is 0 Å². The first kappa shape index (κ1) is 25.2. The van der Waals surface area contributed by atoms with Crippen molar-refractivity contribution in [3.63, 3.8) is 0 Å². The summed E-state index contributed by atoms with van der Waals surface area (Å²) in [4.78, 5) is 15.3. The van der Waals surface area contributed by atoms with Gasteiger partial charge in [-0.05, 0) is 82.9 Å². The summed E-state index contributed by atoms with van der Waals surface area (Å²) in [6, 6.07) is 13.9. The molecule has 1 fully saturated rings. The van der Waals surface area contributed by atoms with Crippen LogP contribution in [0.5, 0.6) is 11.6 Å². The van der Waals surface area contributed by atoms with Crippen LogP contribution in [0.1, 0.15) is 80.0 Å². The Morgan fingerprint density at radius 1 is 1.11 bits per heavy atom. The van der Waals surface area contributed by atoms with E-state index in [1.165, 1.54) is 18.9 Å². The van der Waals surface area contributed by atoms with Crippen LogP contribution >= 0.6 is 0 Å². The molecule has 1 N–H and O–H groups in total. The third-order valence-corrected chi connectivity index (χ3v) is 8.22. The van der Waals surface area contributed by atoms with Gasteiger partial charge in [0.2, 0.25) is 5.88 Å². The van der Waals surface area contributed by atoms with Gasteiger partial charge in [-0.1, -0.05) is 44.5 Å². The molecule has 5 nitrogen and oxygen atoms in total.